The van der Waals surface area contributed by atoms with Crippen LogP contribution in [0.3, 0.4) is 0 Å². The first-order valence-electron chi connectivity index (χ1n) is 7.83. The van der Waals surface area contributed by atoms with Gasteiger partial charge in [-0.05, 0) is 43.2 Å². The van der Waals surface area contributed by atoms with Gasteiger partial charge >= 0.3 is 6.03 Å². The number of rotatable bonds is 4. The predicted molar refractivity (Wildman–Crippen MR) is 101 cm³/mol. The maximum atomic E-state index is 12.1. The van der Waals surface area contributed by atoms with E-state index in [1.165, 1.54) is 5.56 Å². The lowest BCUT2D eigenvalue weighted by Gasteiger charge is -2.08. The zero-order valence-electron chi connectivity index (χ0n) is 13.7. The molecule has 0 bridgehead atoms. The summed E-state index contributed by atoms with van der Waals surface area (Å²) < 4.78 is 0. The highest BCUT2D eigenvalue weighted by Crippen LogP contribution is 2.23. The van der Waals surface area contributed by atoms with Crippen LogP contribution >= 0.6 is 11.3 Å². The molecule has 0 aliphatic heterocycles. The van der Waals surface area contributed by atoms with E-state index in [0.717, 1.165) is 34.1 Å². The zero-order valence-corrected chi connectivity index (χ0v) is 14.5. The Kier molecular flexibility index (Phi) is 4.91. The molecule has 0 atom stereocenters. The summed E-state index contributed by atoms with van der Waals surface area (Å²) in [5.74, 6) is 0. The molecule has 122 valence electrons. The number of carbonyl (C=O) groups excluding carboxylic acids is 1. The molecule has 5 heteroatoms. The second-order valence-electron chi connectivity index (χ2n) is 5.46. The molecular weight excluding hydrogens is 318 g/mol. The highest BCUT2D eigenvalue weighted by Gasteiger charge is 2.05. The minimum atomic E-state index is -0.253. The minimum absolute atomic E-state index is 0.253. The van der Waals surface area contributed by atoms with Crippen molar-refractivity contribution < 1.29 is 4.79 Å². The second-order valence-corrected chi connectivity index (χ2v) is 6.52. The van der Waals surface area contributed by atoms with Crippen LogP contribution in [0.1, 0.15) is 17.5 Å². The Morgan fingerprint density at radius 1 is 1.00 bits per heavy atom. The normalized spacial score (nSPS) is 10.4. The zero-order chi connectivity index (χ0) is 16.9. The van der Waals surface area contributed by atoms with Crippen LogP contribution in [-0.2, 0) is 6.42 Å². The number of anilines is 2. The van der Waals surface area contributed by atoms with Crippen molar-refractivity contribution in [3.8, 4) is 11.3 Å². The number of thiazole rings is 1. The maximum Gasteiger partial charge on any atom is 0.323 e. The van der Waals surface area contributed by atoms with Crippen LogP contribution in [-0.4, -0.2) is 11.0 Å². The summed E-state index contributed by atoms with van der Waals surface area (Å²) in [7, 11) is 0. The molecule has 0 aliphatic carbocycles. The van der Waals surface area contributed by atoms with Crippen LogP contribution in [0.5, 0.6) is 0 Å². The van der Waals surface area contributed by atoms with Crippen molar-refractivity contribution in [2.75, 3.05) is 10.6 Å². The van der Waals surface area contributed by atoms with Gasteiger partial charge in [0.15, 0.2) is 0 Å². The number of aryl methyl sites for hydroxylation is 2. The molecule has 3 aromatic rings. The lowest BCUT2D eigenvalue weighted by Crippen LogP contribution is -2.19. The first kappa shape index (κ1) is 16.2. The number of amides is 2. The molecule has 1 heterocycles. The summed E-state index contributed by atoms with van der Waals surface area (Å²) in [6.07, 6.45) is 0.983. The highest BCUT2D eigenvalue weighted by atomic mass is 32.1. The van der Waals surface area contributed by atoms with Gasteiger partial charge in [-0.2, -0.15) is 0 Å². The summed E-state index contributed by atoms with van der Waals surface area (Å²) in [6.45, 7) is 4.09. The molecular formula is C19H19N3OS. The first-order chi connectivity index (χ1) is 11.6. The Morgan fingerprint density at radius 3 is 2.08 bits per heavy atom. The third kappa shape index (κ3) is 4.00. The minimum Gasteiger partial charge on any atom is -0.308 e. The largest absolute Gasteiger partial charge is 0.323 e. The quantitative estimate of drug-likeness (QED) is 0.676. The van der Waals surface area contributed by atoms with Crippen LogP contribution in [0.2, 0.25) is 0 Å². The molecule has 2 N–H and O–H groups in total. The number of hydrogen-bond acceptors (Lipinski definition) is 3. The molecule has 0 radical (unpaired) electrons. The van der Waals surface area contributed by atoms with Crippen LogP contribution in [0, 0.1) is 6.92 Å². The van der Waals surface area contributed by atoms with Crippen molar-refractivity contribution in [3.63, 3.8) is 0 Å². The number of carbonyl (C=O) groups is 1. The third-order valence-corrected chi connectivity index (χ3v) is 4.45. The fourth-order valence-electron chi connectivity index (χ4n) is 2.34. The molecule has 0 saturated carbocycles. The topological polar surface area (TPSA) is 54.0 Å². The van der Waals surface area contributed by atoms with Gasteiger partial charge in [-0.15, -0.1) is 11.3 Å². The summed E-state index contributed by atoms with van der Waals surface area (Å²) in [6, 6.07) is 15.3. The van der Waals surface area contributed by atoms with Crippen molar-refractivity contribution >= 4 is 28.7 Å². The molecule has 0 spiro atoms. The molecule has 2 aromatic carbocycles. The maximum absolute atomic E-state index is 12.1. The molecule has 3 rings (SSSR count). The van der Waals surface area contributed by atoms with Crippen LogP contribution in [0.15, 0.2) is 53.9 Å². The number of urea groups is 1. The molecule has 1 aromatic heterocycles. The van der Waals surface area contributed by atoms with Gasteiger partial charge in [0.25, 0.3) is 0 Å². The van der Waals surface area contributed by atoms with Gasteiger partial charge in [0.2, 0.25) is 0 Å². The number of aromatic nitrogens is 1. The van der Waals surface area contributed by atoms with Gasteiger partial charge in [-0.25, -0.2) is 9.78 Å². The van der Waals surface area contributed by atoms with E-state index in [9.17, 15) is 4.79 Å². The fourth-order valence-corrected chi connectivity index (χ4v) is 2.96. The Balaban J connectivity index is 1.61. The first-order valence-corrected chi connectivity index (χ1v) is 8.71. The van der Waals surface area contributed by atoms with Gasteiger partial charge in [-0.1, -0.05) is 31.2 Å². The molecule has 2 amide bonds. The summed E-state index contributed by atoms with van der Waals surface area (Å²) in [5, 5.41) is 8.74. The molecule has 24 heavy (non-hydrogen) atoms. The van der Waals surface area contributed by atoms with Gasteiger partial charge in [0.1, 0.15) is 0 Å². The monoisotopic (exact) mass is 337 g/mol. The Labute approximate surface area is 145 Å². The average Bonchev–Trinajstić information content (AvgIpc) is 3.02. The lowest BCUT2D eigenvalue weighted by atomic mass is 10.1. The second kappa shape index (κ2) is 7.27. The van der Waals surface area contributed by atoms with Gasteiger partial charge < -0.3 is 10.6 Å². The smallest absolute Gasteiger partial charge is 0.308 e. The van der Waals surface area contributed by atoms with Crippen molar-refractivity contribution in [1.82, 2.24) is 4.98 Å². The van der Waals surface area contributed by atoms with Crippen molar-refractivity contribution in [2.24, 2.45) is 0 Å². The van der Waals surface area contributed by atoms with E-state index in [1.807, 2.05) is 60.8 Å². The Morgan fingerprint density at radius 2 is 1.58 bits per heavy atom. The van der Waals surface area contributed by atoms with E-state index in [1.54, 1.807) is 11.3 Å². The van der Waals surface area contributed by atoms with Gasteiger partial charge in [0, 0.05) is 22.3 Å². The number of benzene rings is 2. The van der Waals surface area contributed by atoms with Crippen LogP contribution in [0.4, 0.5) is 16.2 Å². The summed E-state index contributed by atoms with van der Waals surface area (Å²) in [5.41, 5.74) is 4.77. The number of nitrogens with zero attached hydrogens (tertiary/aromatic N) is 1. The van der Waals surface area contributed by atoms with E-state index < -0.39 is 0 Å². The molecule has 0 fully saturated rings. The third-order valence-electron chi connectivity index (χ3n) is 3.68. The Hall–Kier alpha value is -2.66. The van der Waals surface area contributed by atoms with E-state index in [2.05, 4.69) is 22.5 Å². The van der Waals surface area contributed by atoms with Crippen LogP contribution in [0.25, 0.3) is 11.3 Å². The summed E-state index contributed by atoms with van der Waals surface area (Å²) in [4.78, 5) is 16.5. The van der Waals surface area contributed by atoms with Crippen molar-refractivity contribution in [3.05, 3.63) is 64.5 Å². The summed E-state index contributed by atoms with van der Waals surface area (Å²) >= 11 is 1.63. The van der Waals surface area contributed by atoms with E-state index >= 15 is 0 Å². The van der Waals surface area contributed by atoms with Gasteiger partial charge in [0.05, 0.1) is 10.7 Å². The fraction of sp³-hybridized carbons (Fsp3) is 0.158. The van der Waals surface area contributed by atoms with Crippen LogP contribution < -0.4 is 10.6 Å². The molecule has 0 saturated heterocycles. The molecule has 0 aliphatic rings. The number of nitrogens with one attached hydrogen (secondary N) is 2. The number of hydrogen-bond donors (Lipinski definition) is 2. The van der Waals surface area contributed by atoms with E-state index in [-0.39, 0.29) is 6.03 Å². The standard InChI is InChI=1S/C19H19N3OS/c1-3-14-4-8-16(9-5-14)21-19(23)22-17-10-6-15(7-11-17)18-12-24-13(2)20-18/h4-12H,3H2,1-2H3,(H2,21,22,23). The van der Waals surface area contributed by atoms with Crippen molar-refractivity contribution in [2.45, 2.75) is 20.3 Å². The highest BCUT2D eigenvalue weighted by molar-refractivity contribution is 7.09. The SMILES string of the molecule is CCc1ccc(NC(=O)Nc2ccc(-c3csc(C)n3)cc2)cc1. The van der Waals surface area contributed by atoms with Crippen molar-refractivity contribution in [1.29, 1.82) is 0 Å². The molecule has 4 nitrogen and oxygen atoms in total. The Bertz CT molecular complexity index is 823. The lowest BCUT2D eigenvalue weighted by molar-refractivity contribution is 0.262. The molecule has 0 unspecified atom stereocenters. The predicted octanol–water partition coefficient (Wildman–Crippen LogP) is 5.32. The van der Waals surface area contributed by atoms with E-state index in [0.29, 0.717) is 0 Å². The average molecular weight is 337 g/mol. The van der Waals surface area contributed by atoms with E-state index in [4.69, 9.17) is 0 Å². The van der Waals surface area contributed by atoms with Gasteiger partial charge in [-0.3, -0.25) is 0 Å².